The van der Waals surface area contributed by atoms with Crippen molar-refractivity contribution < 1.29 is 23.4 Å². The fraction of sp³-hybridized carbons (Fsp3) is 0.214. The van der Waals surface area contributed by atoms with Gasteiger partial charge in [0.25, 0.3) is 5.91 Å². The SMILES string of the molecule is CCOc1cc(/C=C2/SC(=Nc3ccc(OC)cc3)N(CC)C2=O)cc(Br)c1OCc1cccc(F)c1. The van der Waals surface area contributed by atoms with E-state index >= 15 is 0 Å². The topological polar surface area (TPSA) is 60.4 Å². The molecular weight excluding hydrogens is 559 g/mol. The number of amides is 1. The van der Waals surface area contributed by atoms with E-state index in [1.54, 1.807) is 24.1 Å². The van der Waals surface area contributed by atoms with Crippen molar-refractivity contribution in [1.29, 1.82) is 0 Å². The number of halogens is 2. The van der Waals surface area contributed by atoms with Gasteiger partial charge in [-0.1, -0.05) is 12.1 Å². The number of nitrogens with zero attached hydrogens (tertiary/aromatic N) is 2. The molecule has 1 fully saturated rings. The number of hydrogen-bond acceptors (Lipinski definition) is 6. The smallest absolute Gasteiger partial charge is 0.266 e. The van der Waals surface area contributed by atoms with Crippen LogP contribution in [0.4, 0.5) is 10.1 Å². The first kappa shape index (κ1) is 26.8. The van der Waals surface area contributed by atoms with Gasteiger partial charge in [0.05, 0.1) is 28.8 Å². The summed E-state index contributed by atoms with van der Waals surface area (Å²) in [4.78, 5) is 20.0. The Morgan fingerprint density at radius 3 is 2.54 bits per heavy atom. The number of hydrogen-bond donors (Lipinski definition) is 0. The first-order valence-electron chi connectivity index (χ1n) is 11.7. The van der Waals surface area contributed by atoms with E-state index in [9.17, 15) is 9.18 Å². The molecule has 0 atom stereocenters. The van der Waals surface area contributed by atoms with Crippen molar-refractivity contribution in [3.05, 3.63) is 87.0 Å². The highest BCUT2D eigenvalue weighted by molar-refractivity contribution is 9.10. The second kappa shape index (κ2) is 12.3. The fourth-order valence-electron chi connectivity index (χ4n) is 3.65. The Morgan fingerprint density at radius 2 is 1.86 bits per heavy atom. The molecule has 0 aliphatic carbocycles. The van der Waals surface area contributed by atoms with Crippen LogP contribution in [-0.4, -0.2) is 36.2 Å². The van der Waals surface area contributed by atoms with Gasteiger partial charge in [-0.3, -0.25) is 9.69 Å². The molecule has 192 valence electrons. The summed E-state index contributed by atoms with van der Waals surface area (Å²) in [6.07, 6.45) is 1.82. The molecule has 0 saturated carbocycles. The van der Waals surface area contributed by atoms with Gasteiger partial charge in [-0.05, 0) is 107 Å². The van der Waals surface area contributed by atoms with Gasteiger partial charge in [-0.2, -0.15) is 0 Å². The van der Waals surface area contributed by atoms with Crippen molar-refractivity contribution in [1.82, 2.24) is 4.90 Å². The van der Waals surface area contributed by atoms with Gasteiger partial charge in [0.2, 0.25) is 0 Å². The van der Waals surface area contributed by atoms with Crippen LogP contribution in [0.3, 0.4) is 0 Å². The minimum atomic E-state index is -0.318. The Hall–Kier alpha value is -3.30. The highest BCUT2D eigenvalue weighted by atomic mass is 79.9. The van der Waals surface area contributed by atoms with Crippen molar-refractivity contribution in [3.8, 4) is 17.2 Å². The lowest BCUT2D eigenvalue weighted by Crippen LogP contribution is -2.28. The maximum Gasteiger partial charge on any atom is 0.266 e. The number of aliphatic imine (C=N–C) groups is 1. The largest absolute Gasteiger partial charge is 0.497 e. The van der Waals surface area contributed by atoms with Crippen molar-refractivity contribution >= 4 is 50.5 Å². The summed E-state index contributed by atoms with van der Waals surface area (Å²) in [6, 6.07) is 17.3. The molecule has 0 unspecified atom stereocenters. The average molecular weight is 585 g/mol. The zero-order valence-corrected chi connectivity index (χ0v) is 23.1. The lowest BCUT2D eigenvalue weighted by atomic mass is 10.1. The van der Waals surface area contributed by atoms with Crippen molar-refractivity contribution in [2.45, 2.75) is 20.5 Å². The van der Waals surface area contributed by atoms with Crippen molar-refractivity contribution in [2.24, 2.45) is 4.99 Å². The number of benzene rings is 3. The van der Waals surface area contributed by atoms with Gasteiger partial charge in [-0.25, -0.2) is 9.38 Å². The molecule has 37 heavy (non-hydrogen) atoms. The highest BCUT2D eigenvalue weighted by Crippen LogP contribution is 2.40. The molecule has 0 N–H and O–H groups in total. The number of ether oxygens (including phenoxy) is 3. The zero-order valence-electron chi connectivity index (χ0n) is 20.7. The Bertz CT molecular complexity index is 1340. The molecular formula is C28H26BrFN2O4S. The van der Waals surface area contributed by atoms with Crippen LogP contribution in [0.2, 0.25) is 0 Å². The van der Waals surface area contributed by atoms with E-state index in [2.05, 4.69) is 20.9 Å². The normalized spacial score (nSPS) is 15.5. The Balaban J connectivity index is 1.60. The van der Waals surface area contributed by atoms with Crippen LogP contribution in [0.1, 0.15) is 25.0 Å². The Labute approximate surface area is 228 Å². The van der Waals surface area contributed by atoms with Gasteiger partial charge < -0.3 is 14.2 Å². The zero-order chi connectivity index (χ0) is 26.4. The molecule has 1 amide bonds. The first-order chi connectivity index (χ1) is 17.9. The third-order valence-electron chi connectivity index (χ3n) is 5.40. The van der Waals surface area contributed by atoms with Crippen LogP contribution < -0.4 is 14.2 Å². The summed E-state index contributed by atoms with van der Waals surface area (Å²) < 4.78 is 31.2. The number of rotatable bonds is 9. The maximum atomic E-state index is 13.5. The number of methoxy groups -OCH3 is 1. The third-order valence-corrected chi connectivity index (χ3v) is 7.00. The van der Waals surface area contributed by atoms with E-state index in [-0.39, 0.29) is 18.3 Å². The third kappa shape index (κ3) is 6.53. The highest BCUT2D eigenvalue weighted by Gasteiger charge is 2.32. The van der Waals surface area contributed by atoms with Crippen LogP contribution in [0, 0.1) is 5.82 Å². The fourth-order valence-corrected chi connectivity index (χ4v) is 5.28. The summed E-state index contributed by atoms with van der Waals surface area (Å²) in [5, 5.41) is 0.614. The molecule has 3 aromatic rings. The standard InChI is InChI=1S/C28H26BrFN2O4S/c1-4-32-27(33)25(37-28(32)31-21-9-11-22(34-3)12-10-21)16-19-14-23(29)26(24(15-19)35-5-2)36-17-18-7-6-8-20(30)13-18/h6-16H,4-5,17H2,1-3H3/b25-16+,31-28?. The summed E-state index contributed by atoms with van der Waals surface area (Å²) in [6.45, 7) is 4.91. The molecule has 1 heterocycles. The van der Waals surface area contributed by atoms with E-state index in [0.717, 1.165) is 17.0 Å². The minimum absolute atomic E-state index is 0.111. The van der Waals surface area contributed by atoms with E-state index < -0.39 is 0 Å². The van der Waals surface area contributed by atoms with E-state index in [1.807, 2.05) is 56.3 Å². The van der Waals surface area contributed by atoms with Crippen molar-refractivity contribution in [3.63, 3.8) is 0 Å². The molecule has 9 heteroatoms. The molecule has 0 radical (unpaired) electrons. The Morgan fingerprint density at radius 1 is 1.08 bits per heavy atom. The quantitative estimate of drug-likeness (QED) is 0.249. The first-order valence-corrected chi connectivity index (χ1v) is 13.3. The number of likely N-dealkylation sites (N-methyl/N-ethyl adjacent to an activating group) is 1. The van der Waals surface area contributed by atoms with Crippen LogP contribution in [-0.2, 0) is 11.4 Å². The van der Waals surface area contributed by atoms with Gasteiger partial charge in [0.15, 0.2) is 16.7 Å². The van der Waals surface area contributed by atoms with Crippen molar-refractivity contribution in [2.75, 3.05) is 20.3 Å². The molecule has 3 aromatic carbocycles. The predicted molar refractivity (Wildman–Crippen MR) is 149 cm³/mol. The van der Waals surface area contributed by atoms with Crippen LogP contribution in [0.5, 0.6) is 17.2 Å². The van der Waals surface area contributed by atoms with E-state index in [0.29, 0.717) is 44.8 Å². The van der Waals surface area contributed by atoms with Gasteiger partial charge in [0, 0.05) is 6.54 Å². The van der Waals surface area contributed by atoms with Gasteiger partial charge >= 0.3 is 0 Å². The average Bonchev–Trinajstić information content (AvgIpc) is 3.17. The molecule has 1 saturated heterocycles. The molecule has 0 spiro atoms. The maximum absolute atomic E-state index is 13.5. The number of carbonyl (C=O) groups excluding carboxylic acids is 1. The van der Waals surface area contributed by atoms with Gasteiger partial charge in [-0.15, -0.1) is 0 Å². The lowest BCUT2D eigenvalue weighted by Gasteiger charge is -2.15. The Kier molecular flexibility index (Phi) is 8.89. The molecule has 0 bridgehead atoms. The summed E-state index contributed by atoms with van der Waals surface area (Å²) in [5.41, 5.74) is 2.21. The monoisotopic (exact) mass is 584 g/mol. The molecule has 1 aliphatic heterocycles. The van der Waals surface area contributed by atoms with Crippen LogP contribution in [0.15, 0.2) is 75.0 Å². The van der Waals surface area contributed by atoms with E-state index in [4.69, 9.17) is 14.2 Å². The summed E-state index contributed by atoms with van der Waals surface area (Å²) in [5.74, 6) is 1.35. The molecule has 4 rings (SSSR count). The molecule has 6 nitrogen and oxygen atoms in total. The molecule has 1 aliphatic rings. The van der Waals surface area contributed by atoms with E-state index in [1.165, 1.54) is 23.9 Å². The van der Waals surface area contributed by atoms with Crippen LogP contribution in [0.25, 0.3) is 6.08 Å². The second-order valence-corrected chi connectivity index (χ2v) is 9.80. The summed E-state index contributed by atoms with van der Waals surface area (Å²) in [7, 11) is 1.61. The summed E-state index contributed by atoms with van der Waals surface area (Å²) >= 11 is 4.89. The predicted octanol–water partition coefficient (Wildman–Crippen LogP) is 7.20. The lowest BCUT2D eigenvalue weighted by molar-refractivity contribution is -0.122. The van der Waals surface area contributed by atoms with Crippen LogP contribution >= 0.6 is 27.7 Å². The van der Waals surface area contributed by atoms with Gasteiger partial charge in [0.1, 0.15) is 18.2 Å². The number of carbonyl (C=O) groups is 1. The number of thioether (sulfide) groups is 1. The minimum Gasteiger partial charge on any atom is -0.497 e. The number of amidine groups is 1. The molecule has 0 aromatic heterocycles. The second-order valence-electron chi connectivity index (χ2n) is 7.93.